The van der Waals surface area contributed by atoms with Crippen molar-refractivity contribution in [2.24, 2.45) is 0 Å². The Morgan fingerprint density at radius 2 is 2.04 bits per heavy atom. The van der Waals surface area contributed by atoms with E-state index in [1.807, 2.05) is 30.5 Å². The van der Waals surface area contributed by atoms with Crippen molar-refractivity contribution in [3.05, 3.63) is 51.9 Å². The second-order valence-electron chi connectivity index (χ2n) is 5.82. The zero-order valence-corrected chi connectivity index (χ0v) is 16.7. The van der Waals surface area contributed by atoms with E-state index in [9.17, 15) is 4.79 Å². The maximum absolute atomic E-state index is 13.1. The summed E-state index contributed by atoms with van der Waals surface area (Å²) in [5.41, 5.74) is 3.56. The molecule has 2 heterocycles. The molecule has 0 fully saturated rings. The molecule has 3 rings (SSSR count). The fraction of sp³-hybridized carbons (Fsp3) is 0.263. The van der Waals surface area contributed by atoms with Crippen molar-refractivity contribution in [3.63, 3.8) is 0 Å². The van der Waals surface area contributed by atoms with Crippen LogP contribution >= 0.6 is 15.9 Å². The number of fused-ring (bicyclic) bond motifs is 1. The van der Waals surface area contributed by atoms with Gasteiger partial charge in [0.05, 0.1) is 25.6 Å². The van der Waals surface area contributed by atoms with Gasteiger partial charge in [-0.15, -0.1) is 0 Å². The highest BCUT2D eigenvalue weighted by atomic mass is 79.9. The Morgan fingerprint density at radius 3 is 2.69 bits per heavy atom. The molecule has 1 amide bonds. The van der Waals surface area contributed by atoms with Gasteiger partial charge in [-0.3, -0.25) is 9.20 Å². The first kappa shape index (κ1) is 18.3. The van der Waals surface area contributed by atoms with Crippen LogP contribution in [-0.2, 0) is 6.42 Å². The largest absolute Gasteiger partial charge is 0.497 e. The molecule has 6 nitrogen and oxygen atoms in total. The Kier molecular flexibility index (Phi) is 5.18. The number of carbonyl (C=O) groups is 1. The molecule has 0 spiro atoms. The Labute approximate surface area is 160 Å². The van der Waals surface area contributed by atoms with Crippen LogP contribution in [0.2, 0.25) is 0 Å². The van der Waals surface area contributed by atoms with Gasteiger partial charge < -0.3 is 14.8 Å². The van der Waals surface area contributed by atoms with Gasteiger partial charge in [0.2, 0.25) is 0 Å². The Bertz CT molecular complexity index is 982. The SMILES string of the molecule is CCc1nc2c(C)cc(Br)cn2c1C(=O)Nc1cc(OC)ccc1OC. The summed E-state index contributed by atoms with van der Waals surface area (Å²) in [5, 5.41) is 2.92. The lowest BCUT2D eigenvalue weighted by atomic mass is 10.2. The number of hydrogen-bond donors (Lipinski definition) is 1. The molecule has 0 saturated heterocycles. The summed E-state index contributed by atoms with van der Waals surface area (Å²) in [6.07, 6.45) is 2.50. The lowest BCUT2D eigenvalue weighted by molar-refractivity contribution is 0.102. The number of aromatic nitrogens is 2. The standard InChI is InChI=1S/C19H20BrN3O3/c1-5-14-17(23-10-12(20)8-11(2)18(23)21-14)19(24)22-15-9-13(25-3)6-7-16(15)26-4/h6-10H,5H2,1-4H3,(H,22,24). The summed E-state index contributed by atoms with van der Waals surface area (Å²) in [7, 11) is 3.14. The molecule has 1 N–H and O–H groups in total. The average molecular weight is 418 g/mol. The summed E-state index contributed by atoms with van der Waals surface area (Å²) in [4.78, 5) is 17.7. The minimum Gasteiger partial charge on any atom is -0.497 e. The number of amides is 1. The smallest absolute Gasteiger partial charge is 0.274 e. The second-order valence-corrected chi connectivity index (χ2v) is 6.73. The maximum Gasteiger partial charge on any atom is 0.274 e. The highest BCUT2D eigenvalue weighted by Gasteiger charge is 2.21. The number of benzene rings is 1. The lowest BCUT2D eigenvalue weighted by Gasteiger charge is -2.12. The van der Waals surface area contributed by atoms with E-state index in [2.05, 4.69) is 26.2 Å². The lowest BCUT2D eigenvalue weighted by Crippen LogP contribution is -2.17. The predicted octanol–water partition coefficient (Wildman–Crippen LogP) is 4.24. The van der Waals surface area contributed by atoms with E-state index in [-0.39, 0.29) is 5.91 Å². The fourth-order valence-electron chi connectivity index (χ4n) is 2.90. The zero-order chi connectivity index (χ0) is 18.8. The van der Waals surface area contributed by atoms with Gasteiger partial charge in [0.1, 0.15) is 22.8 Å². The van der Waals surface area contributed by atoms with Crippen molar-refractivity contribution in [3.8, 4) is 11.5 Å². The van der Waals surface area contributed by atoms with E-state index >= 15 is 0 Å². The van der Waals surface area contributed by atoms with Crippen molar-refractivity contribution < 1.29 is 14.3 Å². The van der Waals surface area contributed by atoms with E-state index in [1.165, 1.54) is 0 Å². The maximum atomic E-state index is 13.1. The third kappa shape index (κ3) is 3.26. The Balaban J connectivity index is 2.08. The third-order valence-electron chi connectivity index (χ3n) is 4.15. The minimum absolute atomic E-state index is 0.251. The molecule has 2 aromatic heterocycles. The normalized spacial score (nSPS) is 10.8. The number of halogens is 1. The number of pyridine rings is 1. The number of nitrogens with zero attached hydrogens (tertiary/aromatic N) is 2. The van der Waals surface area contributed by atoms with E-state index in [1.54, 1.807) is 32.4 Å². The van der Waals surface area contributed by atoms with Crippen LogP contribution < -0.4 is 14.8 Å². The van der Waals surface area contributed by atoms with E-state index < -0.39 is 0 Å². The molecule has 136 valence electrons. The molecule has 7 heteroatoms. The molecule has 0 aliphatic rings. The van der Waals surface area contributed by atoms with Gasteiger partial charge in [0.25, 0.3) is 5.91 Å². The van der Waals surface area contributed by atoms with Crippen LogP contribution in [0.5, 0.6) is 11.5 Å². The zero-order valence-electron chi connectivity index (χ0n) is 15.1. The van der Waals surface area contributed by atoms with Gasteiger partial charge in [0.15, 0.2) is 0 Å². The highest BCUT2D eigenvalue weighted by molar-refractivity contribution is 9.10. The molecule has 0 radical (unpaired) electrons. The van der Waals surface area contributed by atoms with Gasteiger partial charge in [-0.2, -0.15) is 0 Å². The van der Waals surface area contributed by atoms with E-state index in [0.29, 0.717) is 29.3 Å². The molecular formula is C19H20BrN3O3. The first-order chi connectivity index (χ1) is 12.5. The molecule has 0 bridgehead atoms. The first-order valence-electron chi connectivity index (χ1n) is 8.19. The van der Waals surface area contributed by atoms with E-state index in [0.717, 1.165) is 21.4 Å². The quantitative estimate of drug-likeness (QED) is 0.674. The molecule has 0 aliphatic heterocycles. The molecule has 1 aromatic carbocycles. The average Bonchev–Trinajstić information content (AvgIpc) is 3.00. The van der Waals surface area contributed by atoms with Crippen LogP contribution in [0.25, 0.3) is 5.65 Å². The van der Waals surface area contributed by atoms with Crippen LogP contribution in [-0.4, -0.2) is 29.5 Å². The summed E-state index contributed by atoms with van der Waals surface area (Å²) in [6.45, 7) is 3.95. The second kappa shape index (κ2) is 7.37. The molecule has 26 heavy (non-hydrogen) atoms. The van der Waals surface area contributed by atoms with Crippen LogP contribution in [0, 0.1) is 6.92 Å². The topological polar surface area (TPSA) is 64.9 Å². The number of ether oxygens (including phenoxy) is 2. The van der Waals surface area contributed by atoms with Gasteiger partial charge in [-0.25, -0.2) is 4.98 Å². The number of nitrogens with one attached hydrogen (secondary N) is 1. The Hall–Kier alpha value is -2.54. The number of anilines is 1. The summed E-state index contributed by atoms with van der Waals surface area (Å²) >= 11 is 3.49. The summed E-state index contributed by atoms with van der Waals surface area (Å²) in [6, 6.07) is 7.24. The fourth-order valence-corrected chi connectivity index (χ4v) is 3.44. The molecule has 0 aliphatic carbocycles. The Morgan fingerprint density at radius 1 is 1.27 bits per heavy atom. The number of methoxy groups -OCH3 is 2. The number of imidazole rings is 1. The molecule has 0 unspecified atom stereocenters. The molecule has 0 saturated carbocycles. The van der Waals surface area contributed by atoms with Crippen molar-refractivity contribution in [1.29, 1.82) is 0 Å². The monoisotopic (exact) mass is 417 g/mol. The van der Waals surface area contributed by atoms with E-state index in [4.69, 9.17) is 9.47 Å². The van der Waals surface area contributed by atoms with Gasteiger partial charge in [-0.05, 0) is 53.0 Å². The minimum atomic E-state index is -0.251. The van der Waals surface area contributed by atoms with Crippen LogP contribution in [0.4, 0.5) is 5.69 Å². The molecular weight excluding hydrogens is 398 g/mol. The van der Waals surface area contributed by atoms with Gasteiger partial charge in [0, 0.05) is 16.7 Å². The summed E-state index contributed by atoms with van der Waals surface area (Å²) < 4.78 is 13.3. The van der Waals surface area contributed by atoms with Gasteiger partial charge >= 0.3 is 0 Å². The predicted molar refractivity (Wildman–Crippen MR) is 105 cm³/mol. The van der Waals surface area contributed by atoms with Crippen LogP contribution in [0.1, 0.15) is 28.7 Å². The molecule has 0 atom stereocenters. The van der Waals surface area contributed by atoms with Crippen molar-refractivity contribution in [1.82, 2.24) is 9.38 Å². The third-order valence-corrected chi connectivity index (χ3v) is 4.58. The first-order valence-corrected chi connectivity index (χ1v) is 8.98. The number of aryl methyl sites for hydroxylation is 2. The number of carbonyl (C=O) groups excluding carboxylic acids is 1. The molecule has 3 aromatic rings. The van der Waals surface area contributed by atoms with Crippen molar-refractivity contribution in [2.75, 3.05) is 19.5 Å². The van der Waals surface area contributed by atoms with Crippen LogP contribution in [0.15, 0.2) is 34.9 Å². The van der Waals surface area contributed by atoms with Crippen molar-refractivity contribution in [2.45, 2.75) is 20.3 Å². The number of hydrogen-bond acceptors (Lipinski definition) is 4. The van der Waals surface area contributed by atoms with Crippen molar-refractivity contribution >= 4 is 33.2 Å². The number of rotatable bonds is 5. The van der Waals surface area contributed by atoms with Gasteiger partial charge in [-0.1, -0.05) is 6.92 Å². The summed E-state index contributed by atoms with van der Waals surface area (Å²) in [5.74, 6) is 0.940. The van der Waals surface area contributed by atoms with Crippen LogP contribution in [0.3, 0.4) is 0 Å². The highest BCUT2D eigenvalue weighted by Crippen LogP contribution is 2.30.